The van der Waals surface area contributed by atoms with Crippen LogP contribution < -0.4 is 9.62 Å². The zero-order valence-electron chi connectivity index (χ0n) is 15.6. The van der Waals surface area contributed by atoms with Crippen LogP contribution in [0.1, 0.15) is 5.56 Å². The molecule has 3 aromatic rings. The first-order chi connectivity index (χ1) is 14.3. The van der Waals surface area contributed by atoms with Gasteiger partial charge in [0.05, 0.1) is 15.6 Å². The third-order valence-corrected chi connectivity index (χ3v) is 6.76. The van der Waals surface area contributed by atoms with Crippen molar-refractivity contribution in [1.82, 2.24) is 5.32 Å². The molecule has 30 heavy (non-hydrogen) atoms. The Hall–Kier alpha value is -2.25. The van der Waals surface area contributed by atoms with Gasteiger partial charge in [0.25, 0.3) is 10.0 Å². The summed E-state index contributed by atoms with van der Waals surface area (Å²) in [4.78, 5) is 12.7. The summed E-state index contributed by atoms with van der Waals surface area (Å²) in [6.45, 7) is -0.226. The Bertz CT molecular complexity index is 1140. The second-order valence-corrected chi connectivity index (χ2v) is 9.47. The highest BCUT2D eigenvalue weighted by molar-refractivity contribution is 7.92. The highest BCUT2D eigenvalue weighted by Crippen LogP contribution is 2.32. The molecule has 0 bridgehead atoms. The number of anilines is 1. The van der Waals surface area contributed by atoms with Crippen molar-refractivity contribution in [2.24, 2.45) is 0 Å². The summed E-state index contributed by atoms with van der Waals surface area (Å²) in [5.41, 5.74) is 0.987. The number of sulfonamides is 1. The lowest BCUT2D eigenvalue weighted by molar-refractivity contribution is -0.119. The van der Waals surface area contributed by atoms with E-state index in [4.69, 9.17) is 34.8 Å². The third-order valence-electron chi connectivity index (χ3n) is 4.20. The minimum absolute atomic E-state index is 0.0431. The smallest absolute Gasteiger partial charge is 0.264 e. The average molecular weight is 484 g/mol. The number of carbonyl (C=O) groups is 1. The first kappa shape index (κ1) is 22.4. The van der Waals surface area contributed by atoms with Crippen molar-refractivity contribution in [3.05, 3.63) is 93.4 Å². The number of nitrogens with zero attached hydrogens (tertiary/aromatic N) is 1. The molecule has 3 aromatic carbocycles. The summed E-state index contributed by atoms with van der Waals surface area (Å²) in [6.07, 6.45) is 0. The summed E-state index contributed by atoms with van der Waals surface area (Å²) >= 11 is 18.1. The molecule has 0 radical (unpaired) electrons. The van der Waals surface area contributed by atoms with E-state index in [-0.39, 0.29) is 22.2 Å². The highest BCUT2D eigenvalue weighted by Gasteiger charge is 2.28. The fourth-order valence-electron chi connectivity index (χ4n) is 2.69. The van der Waals surface area contributed by atoms with Crippen LogP contribution in [0.4, 0.5) is 5.69 Å². The van der Waals surface area contributed by atoms with Crippen LogP contribution >= 0.6 is 34.8 Å². The molecular formula is C21H17Cl3N2O3S. The summed E-state index contributed by atoms with van der Waals surface area (Å²) in [7, 11) is -4.05. The zero-order valence-corrected chi connectivity index (χ0v) is 18.6. The Morgan fingerprint density at radius 2 is 1.50 bits per heavy atom. The first-order valence-corrected chi connectivity index (χ1v) is 11.4. The summed E-state index contributed by atoms with van der Waals surface area (Å²) in [5, 5.41) is 3.77. The van der Waals surface area contributed by atoms with E-state index >= 15 is 0 Å². The molecule has 0 heterocycles. The summed E-state index contributed by atoms with van der Waals surface area (Å²) in [5.74, 6) is -0.490. The molecule has 0 aromatic heterocycles. The quantitative estimate of drug-likeness (QED) is 0.505. The molecule has 1 N–H and O–H groups in total. The normalized spacial score (nSPS) is 11.2. The molecule has 0 fully saturated rings. The van der Waals surface area contributed by atoms with E-state index in [0.717, 1.165) is 9.87 Å². The van der Waals surface area contributed by atoms with Crippen LogP contribution in [-0.4, -0.2) is 20.9 Å². The average Bonchev–Trinajstić information content (AvgIpc) is 2.73. The van der Waals surface area contributed by atoms with Gasteiger partial charge in [-0.1, -0.05) is 65.1 Å². The topological polar surface area (TPSA) is 66.5 Å². The maximum Gasteiger partial charge on any atom is 0.264 e. The van der Waals surface area contributed by atoms with E-state index in [0.29, 0.717) is 10.0 Å². The molecule has 9 heteroatoms. The van der Waals surface area contributed by atoms with E-state index in [1.807, 2.05) is 0 Å². The van der Waals surface area contributed by atoms with Crippen molar-refractivity contribution in [3.63, 3.8) is 0 Å². The molecule has 5 nitrogen and oxygen atoms in total. The molecule has 0 aliphatic heterocycles. The summed E-state index contributed by atoms with van der Waals surface area (Å²) < 4.78 is 27.5. The molecule has 0 atom stereocenters. The fourth-order valence-corrected chi connectivity index (χ4v) is 4.84. The zero-order chi connectivity index (χ0) is 21.7. The Balaban J connectivity index is 1.87. The lowest BCUT2D eigenvalue weighted by Crippen LogP contribution is -2.40. The van der Waals surface area contributed by atoms with Crippen molar-refractivity contribution in [1.29, 1.82) is 0 Å². The van der Waals surface area contributed by atoms with Gasteiger partial charge in [0.1, 0.15) is 6.54 Å². The fraction of sp³-hybridized carbons (Fsp3) is 0.0952. The van der Waals surface area contributed by atoms with E-state index < -0.39 is 22.5 Å². The summed E-state index contributed by atoms with van der Waals surface area (Å²) in [6, 6.07) is 19.2. The Kier molecular flexibility index (Phi) is 7.26. The van der Waals surface area contributed by atoms with Gasteiger partial charge in [-0.3, -0.25) is 9.10 Å². The van der Waals surface area contributed by atoms with Gasteiger partial charge in [-0.05, 0) is 48.0 Å². The van der Waals surface area contributed by atoms with Crippen LogP contribution in [0.15, 0.2) is 77.7 Å². The van der Waals surface area contributed by atoms with Gasteiger partial charge in [-0.15, -0.1) is 0 Å². The van der Waals surface area contributed by atoms with Gasteiger partial charge in [0.15, 0.2) is 0 Å². The van der Waals surface area contributed by atoms with Gasteiger partial charge < -0.3 is 5.32 Å². The Labute approximate surface area is 190 Å². The number of hydrogen-bond donors (Lipinski definition) is 1. The third kappa shape index (κ3) is 5.46. The van der Waals surface area contributed by atoms with Crippen molar-refractivity contribution in [2.45, 2.75) is 11.4 Å². The number of nitrogens with one attached hydrogen (secondary N) is 1. The van der Waals surface area contributed by atoms with Crippen molar-refractivity contribution >= 4 is 56.4 Å². The minimum atomic E-state index is -4.05. The number of amides is 1. The van der Waals surface area contributed by atoms with Crippen LogP contribution in [-0.2, 0) is 21.4 Å². The number of carbonyl (C=O) groups excluding carboxylic acids is 1. The van der Waals surface area contributed by atoms with E-state index in [2.05, 4.69) is 5.32 Å². The molecule has 0 spiro atoms. The predicted molar refractivity (Wildman–Crippen MR) is 121 cm³/mol. The van der Waals surface area contributed by atoms with Crippen molar-refractivity contribution in [2.75, 3.05) is 10.8 Å². The van der Waals surface area contributed by atoms with E-state index in [9.17, 15) is 13.2 Å². The van der Waals surface area contributed by atoms with Gasteiger partial charge in [-0.25, -0.2) is 8.42 Å². The second-order valence-electron chi connectivity index (χ2n) is 6.32. The lowest BCUT2D eigenvalue weighted by atomic mass is 10.2. The number of hydrogen-bond acceptors (Lipinski definition) is 3. The van der Waals surface area contributed by atoms with Gasteiger partial charge in [0, 0.05) is 16.6 Å². The van der Waals surface area contributed by atoms with Crippen LogP contribution in [0.5, 0.6) is 0 Å². The van der Waals surface area contributed by atoms with E-state index in [1.54, 1.807) is 42.5 Å². The number of halogens is 3. The Morgan fingerprint density at radius 3 is 2.13 bits per heavy atom. The number of rotatable bonds is 7. The predicted octanol–water partition coefficient (Wildman–Crippen LogP) is 5.16. The van der Waals surface area contributed by atoms with Gasteiger partial charge in [0.2, 0.25) is 5.91 Å². The van der Waals surface area contributed by atoms with Crippen molar-refractivity contribution < 1.29 is 13.2 Å². The molecule has 3 rings (SSSR count). The first-order valence-electron chi connectivity index (χ1n) is 8.81. The maximum atomic E-state index is 13.3. The van der Waals surface area contributed by atoms with Crippen LogP contribution in [0.2, 0.25) is 15.1 Å². The molecule has 0 unspecified atom stereocenters. The van der Waals surface area contributed by atoms with Gasteiger partial charge >= 0.3 is 0 Å². The largest absolute Gasteiger partial charge is 0.350 e. The van der Waals surface area contributed by atoms with Gasteiger partial charge in [-0.2, -0.15) is 0 Å². The molecule has 0 saturated carbocycles. The molecule has 0 aliphatic rings. The molecule has 0 aliphatic carbocycles. The van der Waals surface area contributed by atoms with Crippen LogP contribution in [0.25, 0.3) is 0 Å². The minimum Gasteiger partial charge on any atom is -0.350 e. The van der Waals surface area contributed by atoms with E-state index in [1.165, 1.54) is 30.3 Å². The Morgan fingerprint density at radius 1 is 0.867 bits per heavy atom. The van der Waals surface area contributed by atoms with Crippen LogP contribution in [0, 0.1) is 0 Å². The van der Waals surface area contributed by atoms with Crippen molar-refractivity contribution in [3.8, 4) is 0 Å². The maximum absolute atomic E-state index is 13.3. The monoisotopic (exact) mass is 482 g/mol. The highest BCUT2D eigenvalue weighted by atomic mass is 35.5. The van der Waals surface area contributed by atoms with Crippen LogP contribution in [0.3, 0.4) is 0 Å². The molecule has 156 valence electrons. The second kappa shape index (κ2) is 9.71. The SMILES string of the molecule is O=C(CN(c1ccc(Cl)cc1Cl)S(=O)(=O)c1ccccc1)NCc1ccc(Cl)cc1. The lowest BCUT2D eigenvalue weighted by Gasteiger charge is -2.25. The molecule has 0 saturated heterocycles. The molecular weight excluding hydrogens is 467 g/mol. The standard InChI is InChI=1S/C21H17Cl3N2O3S/c22-16-8-6-15(7-9-16)13-25-21(27)14-26(20-11-10-17(23)12-19(20)24)30(28,29)18-4-2-1-3-5-18/h1-12H,13-14H2,(H,25,27). The number of benzene rings is 3. The molecule has 1 amide bonds.